The fraction of sp³-hybridized carbons (Fsp3) is 0.214. The van der Waals surface area contributed by atoms with Crippen molar-refractivity contribution >= 4 is 29.1 Å². The second-order valence-corrected chi connectivity index (χ2v) is 4.96. The molecule has 0 saturated heterocycles. The molecule has 0 fully saturated rings. The summed E-state index contributed by atoms with van der Waals surface area (Å²) in [4.78, 5) is 11.8. The summed E-state index contributed by atoms with van der Waals surface area (Å²) < 4.78 is 10.5. The second kappa shape index (κ2) is 6.68. The maximum Gasteiger partial charge on any atom is 0.258 e. The molecule has 0 bridgehead atoms. The van der Waals surface area contributed by atoms with Crippen molar-refractivity contribution in [2.45, 2.75) is 13.0 Å². The molecule has 0 aliphatic rings. The molecule has 2 aromatic rings. The van der Waals surface area contributed by atoms with Crippen LogP contribution in [0.1, 0.15) is 18.7 Å². The number of hydrogen-bond donors (Lipinski definition) is 1. The number of hydrogen-bond acceptors (Lipinski definition) is 3. The minimum absolute atomic E-state index is 0.172. The lowest BCUT2D eigenvalue weighted by Gasteiger charge is -2.13. The topological polar surface area (TPSA) is 51.5 Å². The predicted octanol–water partition coefficient (Wildman–Crippen LogP) is 3.84. The second-order valence-electron chi connectivity index (χ2n) is 4.14. The van der Waals surface area contributed by atoms with Gasteiger partial charge in [-0.1, -0.05) is 29.3 Å². The normalized spacial score (nSPS) is 11.9. The summed E-state index contributed by atoms with van der Waals surface area (Å²) in [5, 5.41) is 3.48. The molecule has 1 aromatic carbocycles. The zero-order valence-electron chi connectivity index (χ0n) is 10.7. The minimum atomic E-state index is -0.287. The first-order valence-corrected chi connectivity index (χ1v) is 6.73. The van der Waals surface area contributed by atoms with Gasteiger partial charge in [-0.15, -0.1) is 0 Å². The standard InChI is InChI=1S/C14H13Cl2NO3/c1-9(12-6-3-7-19-12)17-13(18)8-20-14-10(15)4-2-5-11(14)16/h2-7,9H,8H2,1H3,(H,17,18)/t9-/m0/s1. The summed E-state index contributed by atoms with van der Waals surface area (Å²) in [5.74, 6) is 0.690. The molecular weight excluding hydrogens is 301 g/mol. The average Bonchev–Trinajstić information content (AvgIpc) is 2.92. The van der Waals surface area contributed by atoms with Gasteiger partial charge in [-0.3, -0.25) is 4.79 Å². The number of rotatable bonds is 5. The van der Waals surface area contributed by atoms with Gasteiger partial charge in [0.25, 0.3) is 5.91 Å². The number of amides is 1. The average molecular weight is 314 g/mol. The van der Waals surface area contributed by atoms with Gasteiger partial charge >= 0.3 is 0 Å². The summed E-state index contributed by atoms with van der Waals surface area (Å²) in [6, 6.07) is 8.31. The predicted molar refractivity (Wildman–Crippen MR) is 77.2 cm³/mol. The largest absolute Gasteiger partial charge is 0.481 e. The third kappa shape index (κ3) is 3.68. The molecule has 1 amide bonds. The summed E-state index contributed by atoms with van der Waals surface area (Å²) in [5.41, 5.74) is 0. The Morgan fingerprint density at radius 2 is 2.00 bits per heavy atom. The number of carbonyl (C=O) groups excluding carboxylic acids is 1. The van der Waals surface area contributed by atoms with Crippen molar-refractivity contribution in [3.63, 3.8) is 0 Å². The van der Waals surface area contributed by atoms with Crippen molar-refractivity contribution in [3.05, 3.63) is 52.4 Å². The maximum atomic E-state index is 11.8. The number of furan rings is 1. The molecule has 20 heavy (non-hydrogen) atoms. The zero-order valence-corrected chi connectivity index (χ0v) is 12.2. The molecule has 1 N–H and O–H groups in total. The molecule has 106 valence electrons. The Morgan fingerprint density at radius 3 is 2.60 bits per heavy atom. The van der Waals surface area contributed by atoms with E-state index in [-0.39, 0.29) is 18.6 Å². The summed E-state index contributed by atoms with van der Waals surface area (Å²) >= 11 is 11.9. The van der Waals surface area contributed by atoms with Crippen LogP contribution in [0.15, 0.2) is 41.0 Å². The fourth-order valence-electron chi connectivity index (χ4n) is 1.65. The highest BCUT2D eigenvalue weighted by molar-refractivity contribution is 6.37. The molecule has 6 heteroatoms. The molecule has 1 atom stereocenters. The van der Waals surface area contributed by atoms with Crippen LogP contribution in [0.5, 0.6) is 5.75 Å². The van der Waals surface area contributed by atoms with Crippen LogP contribution in [0.4, 0.5) is 0 Å². The Labute approximate surface area is 126 Å². The quantitative estimate of drug-likeness (QED) is 0.912. The van der Waals surface area contributed by atoms with Gasteiger partial charge in [-0.05, 0) is 31.2 Å². The molecule has 0 spiro atoms. The summed E-state index contributed by atoms with van der Waals surface area (Å²) in [6.07, 6.45) is 1.55. The monoisotopic (exact) mass is 313 g/mol. The van der Waals surface area contributed by atoms with Gasteiger partial charge in [-0.2, -0.15) is 0 Å². The number of halogens is 2. The lowest BCUT2D eigenvalue weighted by molar-refractivity contribution is -0.123. The SMILES string of the molecule is C[C@H](NC(=O)COc1c(Cl)cccc1Cl)c1ccco1. The Kier molecular flexibility index (Phi) is 4.93. The molecular formula is C14H13Cl2NO3. The first-order valence-electron chi connectivity index (χ1n) is 5.97. The van der Waals surface area contributed by atoms with E-state index < -0.39 is 0 Å². The van der Waals surface area contributed by atoms with E-state index in [4.69, 9.17) is 32.4 Å². The summed E-state index contributed by atoms with van der Waals surface area (Å²) in [7, 11) is 0. The number of benzene rings is 1. The van der Waals surface area contributed by atoms with Crippen LogP contribution in [0.25, 0.3) is 0 Å². The molecule has 4 nitrogen and oxygen atoms in total. The third-order valence-corrected chi connectivity index (χ3v) is 3.21. The van der Waals surface area contributed by atoms with Gasteiger partial charge in [0.05, 0.1) is 22.4 Å². The molecule has 0 radical (unpaired) electrons. The van der Waals surface area contributed by atoms with Crippen LogP contribution in [0.3, 0.4) is 0 Å². The lowest BCUT2D eigenvalue weighted by Crippen LogP contribution is -2.31. The molecule has 0 saturated carbocycles. The number of carbonyl (C=O) groups is 1. The van der Waals surface area contributed by atoms with Crippen molar-refractivity contribution in [2.24, 2.45) is 0 Å². The minimum Gasteiger partial charge on any atom is -0.481 e. The van der Waals surface area contributed by atoms with Gasteiger partial charge in [0.2, 0.25) is 0 Å². The van der Waals surface area contributed by atoms with Crippen molar-refractivity contribution < 1.29 is 13.9 Å². The molecule has 1 aromatic heterocycles. The number of ether oxygens (including phenoxy) is 1. The summed E-state index contributed by atoms with van der Waals surface area (Å²) in [6.45, 7) is 1.65. The van der Waals surface area contributed by atoms with Gasteiger partial charge < -0.3 is 14.5 Å². The van der Waals surface area contributed by atoms with Crippen LogP contribution in [-0.2, 0) is 4.79 Å². The number of para-hydroxylation sites is 1. The number of nitrogens with one attached hydrogen (secondary N) is 1. The van der Waals surface area contributed by atoms with Crippen LogP contribution < -0.4 is 10.1 Å². The van der Waals surface area contributed by atoms with Crippen LogP contribution in [0.2, 0.25) is 10.0 Å². The lowest BCUT2D eigenvalue weighted by atomic mass is 10.2. The first kappa shape index (κ1) is 14.8. The van der Waals surface area contributed by atoms with E-state index in [0.717, 1.165) is 0 Å². The molecule has 2 rings (SSSR count). The smallest absolute Gasteiger partial charge is 0.258 e. The molecule has 0 aliphatic heterocycles. The van der Waals surface area contributed by atoms with Gasteiger partial charge in [0.15, 0.2) is 12.4 Å². The zero-order chi connectivity index (χ0) is 14.5. The van der Waals surface area contributed by atoms with Crippen molar-refractivity contribution in [1.82, 2.24) is 5.32 Å². The van der Waals surface area contributed by atoms with E-state index in [1.54, 1.807) is 36.6 Å². The molecule has 1 heterocycles. The Balaban J connectivity index is 1.89. The van der Waals surface area contributed by atoms with Crippen LogP contribution in [-0.4, -0.2) is 12.5 Å². The maximum absolute atomic E-state index is 11.8. The van der Waals surface area contributed by atoms with Crippen LogP contribution in [0, 0.1) is 0 Å². The highest BCUT2D eigenvalue weighted by Gasteiger charge is 2.13. The van der Waals surface area contributed by atoms with E-state index in [1.165, 1.54) is 0 Å². The Hall–Kier alpha value is -1.65. The molecule has 0 unspecified atom stereocenters. The Bertz CT molecular complexity index is 564. The van der Waals surface area contributed by atoms with E-state index in [2.05, 4.69) is 5.32 Å². The highest BCUT2D eigenvalue weighted by atomic mass is 35.5. The van der Waals surface area contributed by atoms with E-state index in [1.807, 2.05) is 6.92 Å². The van der Waals surface area contributed by atoms with Crippen molar-refractivity contribution in [3.8, 4) is 5.75 Å². The van der Waals surface area contributed by atoms with Crippen molar-refractivity contribution in [2.75, 3.05) is 6.61 Å². The van der Waals surface area contributed by atoms with E-state index >= 15 is 0 Å². The highest BCUT2D eigenvalue weighted by Crippen LogP contribution is 2.32. The van der Waals surface area contributed by atoms with Gasteiger partial charge in [0, 0.05) is 0 Å². The third-order valence-electron chi connectivity index (χ3n) is 2.61. The first-order chi connectivity index (χ1) is 9.58. The van der Waals surface area contributed by atoms with Crippen LogP contribution >= 0.6 is 23.2 Å². The fourth-order valence-corrected chi connectivity index (χ4v) is 2.16. The van der Waals surface area contributed by atoms with Gasteiger partial charge in [-0.25, -0.2) is 0 Å². The van der Waals surface area contributed by atoms with Gasteiger partial charge in [0.1, 0.15) is 5.76 Å². The van der Waals surface area contributed by atoms with E-state index in [0.29, 0.717) is 21.6 Å². The van der Waals surface area contributed by atoms with Crippen molar-refractivity contribution in [1.29, 1.82) is 0 Å². The molecule has 0 aliphatic carbocycles. The Morgan fingerprint density at radius 1 is 1.30 bits per heavy atom. The van der Waals surface area contributed by atoms with E-state index in [9.17, 15) is 4.79 Å².